The quantitative estimate of drug-likeness (QED) is 0.753. The Morgan fingerprint density at radius 3 is 3.07 bits per heavy atom. The minimum Gasteiger partial charge on any atom is -0.399 e. The molecule has 0 saturated carbocycles. The van der Waals surface area contributed by atoms with Gasteiger partial charge in [0.25, 0.3) is 5.91 Å². The molecule has 1 aromatic rings. The normalized spacial score (nSPS) is 12.1. The lowest BCUT2D eigenvalue weighted by Gasteiger charge is -2.10. The molecule has 1 amide bonds. The lowest BCUT2D eigenvalue weighted by Crippen LogP contribution is -2.32. The third-order valence-corrected chi connectivity index (χ3v) is 1.97. The van der Waals surface area contributed by atoms with Crippen molar-refractivity contribution in [2.24, 2.45) is 0 Å². The van der Waals surface area contributed by atoms with Crippen LogP contribution in [0.25, 0.3) is 0 Å². The molecule has 15 heavy (non-hydrogen) atoms. The molecule has 0 radical (unpaired) electrons. The molecule has 1 heterocycles. The summed E-state index contributed by atoms with van der Waals surface area (Å²) in [4.78, 5) is 15.4. The van der Waals surface area contributed by atoms with Gasteiger partial charge in [0.15, 0.2) is 0 Å². The average Bonchev–Trinajstić information content (AvgIpc) is 2.25. The molecular weight excluding hydrogens is 194 g/mol. The number of rotatable bonds is 4. The van der Waals surface area contributed by atoms with E-state index in [9.17, 15) is 4.79 Å². The van der Waals surface area contributed by atoms with E-state index in [0.29, 0.717) is 17.9 Å². The van der Waals surface area contributed by atoms with E-state index >= 15 is 0 Å². The third kappa shape index (κ3) is 3.55. The van der Waals surface area contributed by atoms with Gasteiger partial charge in [0.2, 0.25) is 0 Å². The number of nitrogens with zero attached hydrogens (tertiary/aromatic N) is 1. The van der Waals surface area contributed by atoms with Crippen LogP contribution in [0, 0.1) is 0 Å². The second kappa shape index (κ2) is 5.31. The molecular formula is C10H15N3O2. The highest BCUT2D eigenvalue weighted by molar-refractivity contribution is 5.92. The van der Waals surface area contributed by atoms with Crippen molar-refractivity contribution in [3.63, 3.8) is 0 Å². The Hall–Kier alpha value is -1.62. The van der Waals surface area contributed by atoms with Gasteiger partial charge in [-0.1, -0.05) is 0 Å². The van der Waals surface area contributed by atoms with Crippen molar-refractivity contribution in [3.05, 3.63) is 24.0 Å². The third-order valence-electron chi connectivity index (χ3n) is 1.97. The molecule has 0 aliphatic heterocycles. The molecule has 1 aromatic heterocycles. The maximum Gasteiger partial charge on any atom is 0.270 e. The molecule has 82 valence electrons. The fourth-order valence-electron chi connectivity index (χ4n) is 0.981. The standard InChI is InChI=1S/C10H15N3O2/c1-7(15-2)6-13-10(14)9-5-8(11)3-4-12-9/h3-5,7H,6H2,1-2H3,(H2,11,12)(H,13,14). The Bertz CT molecular complexity index is 341. The van der Waals surface area contributed by atoms with Crippen LogP contribution >= 0.6 is 0 Å². The van der Waals surface area contributed by atoms with Crippen LogP contribution in [-0.4, -0.2) is 30.6 Å². The van der Waals surface area contributed by atoms with Crippen molar-refractivity contribution in [1.82, 2.24) is 10.3 Å². The summed E-state index contributed by atoms with van der Waals surface area (Å²) in [5.41, 5.74) is 6.37. The first kappa shape index (κ1) is 11.5. The highest BCUT2D eigenvalue weighted by Crippen LogP contribution is 2.02. The van der Waals surface area contributed by atoms with Crippen LogP contribution < -0.4 is 11.1 Å². The van der Waals surface area contributed by atoms with Crippen molar-refractivity contribution >= 4 is 11.6 Å². The number of methoxy groups -OCH3 is 1. The molecule has 0 saturated heterocycles. The van der Waals surface area contributed by atoms with Crippen LogP contribution in [0.4, 0.5) is 5.69 Å². The number of nitrogens with one attached hydrogen (secondary N) is 1. The zero-order valence-electron chi connectivity index (χ0n) is 8.86. The second-order valence-electron chi connectivity index (χ2n) is 3.23. The van der Waals surface area contributed by atoms with Crippen LogP contribution in [0.15, 0.2) is 18.3 Å². The summed E-state index contributed by atoms with van der Waals surface area (Å²) in [6, 6.07) is 3.17. The number of pyridine rings is 1. The van der Waals surface area contributed by atoms with Crippen LogP contribution in [0.3, 0.4) is 0 Å². The molecule has 0 aliphatic carbocycles. The number of hydrogen-bond donors (Lipinski definition) is 2. The number of carbonyl (C=O) groups is 1. The van der Waals surface area contributed by atoms with Gasteiger partial charge in [-0.25, -0.2) is 0 Å². The summed E-state index contributed by atoms with van der Waals surface area (Å²) < 4.78 is 5.00. The number of nitrogen functional groups attached to an aromatic ring is 1. The molecule has 0 bridgehead atoms. The van der Waals surface area contributed by atoms with Crippen LogP contribution in [0.5, 0.6) is 0 Å². The van der Waals surface area contributed by atoms with Gasteiger partial charge >= 0.3 is 0 Å². The van der Waals surface area contributed by atoms with Gasteiger partial charge in [-0.05, 0) is 19.1 Å². The molecule has 0 aliphatic rings. The summed E-state index contributed by atoms with van der Waals surface area (Å²) in [6.45, 7) is 2.32. The molecule has 0 aromatic carbocycles. The lowest BCUT2D eigenvalue weighted by atomic mass is 10.3. The highest BCUT2D eigenvalue weighted by Gasteiger charge is 2.08. The minimum absolute atomic E-state index is 0.0185. The molecule has 3 N–H and O–H groups in total. The summed E-state index contributed by atoms with van der Waals surface area (Å²) in [5, 5.41) is 2.69. The maximum atomic E-state index is 11.5. The maximum absolute atomic E-state index is 11.5. The Balaban J connectivity index is 2.54. The van der Waals surface area contributed by atoms with E-state index < -0.39 is 0 Å². The number of nitrogens with two attached hydrogens (primary N) is 1. The predicted molar refractivity (Wildman–Crippen MR) is 57.5 cm³/mol. The van der Waals surface area contributed by atoms with Crippen molar-refractivity contribution < 1.29 is 9.53 Å². The Kier molecular flexibility index (Phi) is 4.05. The Labute approximate surface area is 88.6 Å². The van der Waals surface area contributed by atoms with Gasteiger partial charge in [0.05, 0.1) is 6.10 Å². The van der Waals surface area contributed by atoms with Gasteiger partial charge in [-0.3, -0.25) is 9.78 Å². The first-order valence-electron chi connectivity index (χ1n) is 4.66. The first-order valence-corrected chi connectivity index (χ1v) is 4.66. The zero-order valence-corrected chi connectivity index (χ0v) is 8.86. The van der Waals surface area contributed by atoms with E-state index in [0.717, 1.165) is 0 Å². The monoisotopic (exact) mass is 209 g/mol. The SMILES string of the molecule is COC(C)CNC(=O)c1cc(N)ccn1. The van der Waals surface area contributed by atoms with Gasteiger partial charge in [-0.15, -0.1) is 0 Å². The van der Waals surface area contributed by atoms with Gasteiger partial charge in [-0.2, -0.15) is 0 Å². The van der Waals surface area contributed by atoms with E-state index in [1.54, 1.807) is 13.2 Å². The van der Waals surface area contributed by atoms with E-state index in [2.05, 4.69) is 10.3 Å². The summed E-state index contributed by atoms with van der Waals surface area (Å²) >= 11 is 0. The van der Waals surface area contributed by atoms with Crippen LogP contribution in [-0.2, 0) is 4.74 Å². The number of carbonyl (C=O) groups excluding carboxylic acids is 1. The average molecular weight is 209 g/mol. The van der Waals surface area contributed by atoms with E-state index in [4.69, 9.17) is 10.5 Å². The molecule has 0 fully saturated rings. The highest BCUT2D eigenvalue weighted by atomic mass is 16.5. The molecule has 5 nitrogen and oxygen atoms in total. The van der Waals surface area contributed by atoms with E-state index in [1.807, 2.05) is 6.92 Å². The fraction of sp³-hybridized carbons (Fsp3) is 0.400. The fourth-order valence-corrected chi connectivity index (χ4v) is 0.981. The number of hydrogen-bond acceptors (Lipinski definition) is 4. The van der Waals surface area contributed by atoms with Crippen molar-refractivity contribution in [3.8, 4) is 0 Å². The number of ether oxygens (including phenoxy) is 1. The number of anilines is 1. The molecule has 1 atom stereocenters. The van der Waals surface area contributed by atoms with Crippen molar-refractivity contribution in [2.75, 3.05) is 19.4 Å². The second-order valence-corrected chi connectivity index (χ2v) is 3.23. The summed E-state index contributed by atoms with van der Waals surface area (Å²) in [5.74, 6) is -0.244. The van der Waals surface area contributed by atoms with Gasteiger partial charge in [0.1, 0.15) is 5.69 Å². The first-order chi connectivity index (χ1) is 7.13. The van der Waals surface area contributed by atoms with Gasteiger partial charge in [0, 0.05) is 25.5 Å². The minimum atomic E-state index is -0.244. The van der Waals surface area contributed by atoms with Gasteiger partial charge < -0.3 is 15.8 Å². The largest absolute Gasteiger partial charge is 0.399 e. The molecule has 5 heteroatoms. The molecule has 1 rings (SSSR count). The summed E-state index contributed by atoms with van der Waals surface area (Å²) in [7, 11) is 1.59. The van der Waals surface area contributed by atoms with Crippen LogP contribution in [0.1, 0.15) is 17.4 Å². The van der Waals surface area contributed by atoms with Crippen molar-refractivity contribution in [2.45, 2.75) is 13.0 Å². The Morgan fingerprint density at radius 2 is 2.47 bits per heavy atom. The smallest absolute Gasteiger partial charge is 0.270 e. The molecule has 1 unspecified atom stereocenters. The van der Waals surface area contributed by atoms with E-state index in [-0.39, 0.29) is 12.0 Å². The lowest BCUT2D eigenvalue weighted by molar-refractivity contribution is 0.0866. The Morgan fingerprint density at radius 1 is 1.73 bits per heavy atom. The van der Waals surface area contributed by atoms with Crippen molar-refractivity contribution in [1.29, 1.82) is 0 Å². The number of amides is 1. The van der Waals surface area contributed by atoms with Crippen LogP contribution in [0.2, 0.25) is 0 Å². The number of aromatic nitrogens is 1. The summed E-state index contributed by atoms with van der Waals surface area (Å²) in [6.07, 6.45) is 1.49. The predicted octanol–water partition coefficient (Wildman–Crippen LogP) is 0.428. The topological polar surface area (TPSA) is 77.2 Å². The molecule has 0 spiro atoms. The zero-order chi connectivity index (χ0) is 11.3. The van der Waals surface area contributed by atoms with E-state index in [1.165, 1.54) is 12.3 Å².